The molecule has 0 aliphatic carbocycles. The van der Waals surface area contributed by atoms with Gasteiger partial charge in [0.15, 0.2) is 11.5 Å². The molecule has 0 saturated carbocycles. The summed E-state index contributed by atoms with van der Waals surface area (Å²) in [4.78, 5) is 36.5. The largest absolute Gasteiger partial charge is 0.486 e. The molecular formula is C25H22ClN3O4S. The molecule has 2 aromatic carbocycles. The summed E-state index contributed by atoms with van der Waals surface area (Å²) in [5.74, 6) is 1.76. The Morgan fingerprint density at radius 1 is 1.12 bits per heavy atom. The summed E-state index contributed by atoms with van der Waals surface area (Å²) in [6, 6.07) is 14.5. The smallest absolute Gasteiger partial charge is 0.264 e. The number of amides is 1. The molecular weight excluding hydrogens is 474 g/mol. The highest BCUT2D eigenvalue weighted by molar-refractivity contribution is 7.17. The summed E-state index contributed by atoms with van der Waals surface area (Å²) < 4.78 is 11.3. The summed E-state index contributed by atoms with van der Waals surface area (Å²) in [6.07, 6.45) is 0.774. The minimum absolute atomic E-state index is 0.107. The fraction of sp³-hybridized carbons (Fsp3) is 0.240. The Morgan fingerprint density at radius 2 is 1.94 bits per heavy atom. The molecule has 0 fully saturated rings. The number of nitrogens with one attached hydrogen (secondary N) is 1. The maximum atomic E-state index is 13.4. The minimum Gasteiger partial charge on any atom is -0.486 e. The van der Waals surface area contributed by atoms with Gasteiger partial charge in [0.05, 0.1) is 22.3 Å². The average molecular weight is 496 g/mol. The quantitative estimate of drug-likeness (QED) is 0.401. The SMILES string of the molecule is CCCN(Cc1nc2cc(Cl)ccc2c(=O)[nH]1)C(=O)c1ccc(-c2ccc3c(c2)OCCO3)s1. The van der Waals surface area contributed by atoms with E-state index < -0.39 is 0 Å². The first-order chi connectivity index (χ1) is 16.5. The number of hydrogen-bond donors (Lipinski definition) is 1. The van der Waals surface area contributed by atoms with Crippen molar-refractivity contribution in [1.82, 2.24) is 14.9 Å². The third kappa shape index (κ3) is 4.51. The lowest BCUT2D eigenvalue weighted by Gasteiger charge is -2.21. The van der Waals surface area contributed by atoms with E-state index in [0.717, 1.165) is 22.6 Å². The van der Waals surface area contributed by atoms with Crippen LogP contribution in [0.4, 0.5) is 0 Å². The maximum absolute atomic E-state index is 13.4. The van der Waals surface area contributed by atoms with Crippen molar-refractivity contribution in [1.29, 1.82) is 0 Å². The molecule has 1 aliphatic heterocycles. The van der Waals surface area contributed by atoms with E-state index in [2.05, 4.69) is 9.97 Å². The maximum Gasteiger partial charge on any atom is 0.264 e. The number of carbonyl (C=O) groups excluding carboxylic acids is 1. The van der Waals surface area contributed by atoms with E-state index in [4.69, 9.17) is 21.1 Å². The average Bonchev–Trinajstić information content (AvgIpc) is 3.33. The van der Waals surface area contributed by atoms with Crippen LogP contribution < -0.4 is 15.0 Å². The number of hydrogen-bond acceptors (Lipinski definition) is 6. The topological polar surface area (TPSA) is 84.5 Å². The van der Waals surface area contributed by atoms with Crippen molar-refractivity contribution < 1.29 is 14.3 Å². The van der Waals surface area contributed by atoms with Gasteiger partial charge in [0.25, 0.3) is 11.5 Å². The van der Waals surface area contributed by atoms with Crippen molar-refractivity contribution in [2.45, 2.75) is 19.9 Å². The molecule has 1 aliphatic rings. The predicted molar refractivity (Wildman–Crippen MR) is 133 cm³/mol. The van der Waals surface area contributed by atoms with E-state index in [1.165, 1.54) is 11.3 Å². The van der Waals surface area contributed by atoms with Crippen LogP contribution in [0.15, 0.2) is 53.3 Å². The van der Waals surface area contributed by atoms with E-state index in [1.54, 1.807) is 23.1 Å². The lowest BCUT2D eigenvalue weighted by atomic mass is 10.1. The van der Waals surface area contributed by atoms with Crippen LogP contribution in [0.25, 0.3) is 21.3 Å². The standard InChI is InChI=1S/C25H22ClN3O4S/c1-2-9-29(14-23-27-18-13-16(26)4-5-17(18)24(30)28-23)25(31)22-8-7-21(34-22)15-3-6-19-20(12-15)33-11-10-32-19/h3-8,12-13H,2,9-11,14H2,1H3,(H,27,28,30). The summed E-state index contributed by atoms with van der Waals surface area (Å²) in [6.45, 7) is 3.80. The van der Waals surface area contributed by atoms with Gasteiger partial charge in [-0.25, -0.2) is 4.98 Å². The molecule has 7 nitrogen and oxygen atoms in total. The van der Waals surface area contributed by atoms with Crippen LogP contribution >= 0.6 is 22.9 Å². The van der Waals surface area contributed by atoms with Crippen molar-refractivity contribution >= 4 is 39.7 Å². The Morgan fingerprint density at radius 3 is 2.76 bits per heavy atom. The van der Waals surface area contributed by atoms with Gasteiger partial charge >= 0.3 is 0 Å². The fourth-order valence-corrected chi connectivity index (χ4v) is 5.04. The molecule has 1 amide bonds. The number of H-pyrrole nitrogens is 1. The molecule has 0 saturated heterocycles. The van der Waals surface area contributed by atoms with Crippen LogP contribution in [0.3, 0.4) is 0 Å². The summed E-state index contributed by atoms with van der Waals surface area (Å²) in [5, 5.41) is 0.965. The molecule has 0 unspecified atom stereocenters. The third-order valence-electron chi connectivity index (χ3n) is 5.48. The van der Waals surface area contributed by atoms with E-state index in [-0.39, 0.29) is 18.0 Å². The number of aromatic nitrogens is 2. The van der Waals surface area contributed by atoms with E-state index in [0.29, 0.717) is 52.1 Å². The molecule has 4 aromatic rings. The van der Waals surface area contributed by atoms with Crippen molar-refractivity contribution in [2.75, 3.05) is 19.8 Å². The number of ether oxygens (including phenoxy) is 2. The highest BCUT2D eigenvalue weighted by Gasteiger charge is 2.20. The van der Waals surface area contributed by atoms with Gasteiger partial charge in [-0.15, -0.1) is 11.3 Å². The lowest BCUT2D eigenvalue weighted by Crippen LogP contribution is -2.32. The van der Waals surface area contributed by atoms with Crippen LogP contribution in [0.1, 0.15) is 28.8 Å². The highest BCUT2D eigenvalue weighted by atomic mass is 35.5. The Bertz CT molecular complexity index is 1430. The number of halogens is 1. The van der Waals surface area contributed by atoms with Gasteiger partial charge in [-0.2, -0.15) is 0 Å². The van der Waals surface area contributed by atoms with Crippen molar-refractivity contribution in [3.63, 3.8) is 0 Å². The Balaban J connectivity index is 1.40. The fourth-order valence-electron chi connectivity index (χ4n) is 3.90. The summed E-state index contributed by atoms with van der Waals surface area (Å²) in [5.41, 5.74) is 1.22. The number of benzene rings is 2. The Kier molecular flexibility index (Phi) is 6.26. The zero-order valence-corrected chi connectivity index (χ0v) is 20.0. The van der Waals surface area contributed by atoms with Crippen LogP contribution in [0.5, 0.6) is 11.5 Å². The van der Waals surface area contributed by atoms with E-state index in [1.807, 2.05) is 37.3 Å². The highest BCUT2D eigenvalue weighted by Crippen LogP contribution is 2.37. The van der Waals surface area contributed by atoms with Gasteiger partial charge < -0.3 is 19.4 Å². The van der Waals surface area contributed by atoms with Crippen LogP contribution in [-0.4, -0.2) is 40.5 Å². The molecule has 1 N–H and O–H groups in total. The van der Waals surface area contributed by atoms with Crippen LogP contribution in [0, 0.1) is 0 Å². The number of nitrogens with zero attached hydrogens (tertiary/aromatic N) is 2. The van der Waals surface area contributed by atoms with Crippen LogP contribution in [0.2, 0.25) is 5.02 Å². The number of fused-ring (bicyclic) bond motifs is 2. The number of carbonyl (C=O) groups is 1. The molecule has 0 bridgehead atoms. The van der Waals surface area contributed by atoms with Gasteiger partial charge in [0.2, 0.25) is 0 Å². The second-order valence-electron chi connectivity index (χ2n) is 7.92. The predicted octanol–water partition coefficient (Wildman–Crippen LogP) is 5.13. The molecule has 0 radical (unpaired) electrons. The molecule has 0 spiro atoms. The van der Waals surface area contributed by atoms with Gasteiger partial charge in [-0.3, -0.25) is 9.59 Å². The zero-order valence-electron chi connectivity index (χ0n) is 18.5. The van der Waals surface area contributed by atoms with Gasteiger partial charge in [0, 0.05) is 16.4 Å². The molecule has 5 rings (SSSR count). The normalized spacial score (nSPS) is 12.6. The Labute approximate surface area is 204 Å². The van der Waals surface area contributed by atoms with E-state index >= 15 is 0 Å². The third-order valence-corrected chi connectivity index (χ3v) is 6.84. The lowest BCUT2D eigenvalue weighted by molar-refractivity contribution is 0.0744. The van der Waals surface area contributed by atoms with Gasteiger partial charge in [-0.05, 0) is 60.5 Å². The molecule has 34 heavy (non-hydrogen) atoms. The molecule has 174 valence electrons. The minimum atomic E-state index is -0.252. The van der Waals surface area contributed by atoms with Crippen molar-refractivity contribution in [3.05, 3.63) is 74.6 Å². The van der Waals surface area contributed by atoms with Crippen LogP contribution in [-0.2, 0) is 6.54 Å². The molecule has 9 heteroatoms. The van der Waals surface area contributed by atoms with E-state index in [9.17, 15) is 9.59 Å². The van der Waals surface area contributed by atoms with Crippen molar-refractivity contribution in [2.24, 2.45) is 0 Å². The van der Waals surface area contributed by atoms with Crippen molar-refractivity contribution in [3.8, 4) is 21.9 Å². The zero-order chi connectivity index (χ0) is 23.7. The van der Waals surface area contributed by atoms with Gasteiger partial charge in [0.1, 0.15) is 19.0 Å². The monoisotopic (exact) mass is 495 g/mol. The van der Waals surface area contributed by atoms with Gasteiger partial charge in [-0.1, -0.05) is 18.5 Å². The summed E-state index contributed by atoms with van der Waals surface area (Å²) >= 11 is 7.49. The summed E-state index contributed by atoms with van der Waals surface area (Å²) in [7, 11) is 0. The first-order valence-electron chi connectivity index (χ1n) is 11.0. The molecule has 0 atom stereocenters. The second kappa shape index (κ2) is 9.48. The number of aromatic amines is 1. The molecule has 2 aromatic heterocycles. The number of rotatable bonds is 6. The molecule has 3 heterocycles. The number of thiophene rings is 1. The second-order valence-corrected chi connectivity index (χ2v) is 9.44. The first kappa shape index (κ1) is 22.4. The first-order valence-corrected chi connectivity index (χ1v) is 12.2. The Hall–Kier alpha value is -3.36.